The average molecular weight is 503 g/mol. The third-order valence-electron chi connectivity index (χ3n) is 4.88. The highest BCUT2D eigenvalue weighted by Gasteiger charge is 2.25. The van der Waals surface area contributed by atoms with Gasteiger partial charge in [-0.15, -0.1) is 11.3 Å². The van der Waals surface area contributed by atoms with Crippen molar-refractivity contribution in [2.24, 2.45) is 0 Å². The van der Waals surface area contributed by atoms with E-state index in [0.29, 0.717) is 11.2 Å². The van der Waals surface area contributed by atoms with Gasteiger partial charge in [-0.05, 0) is 24.2 Å². The Kier molecular flexibility index (Phi) is 8.14. The predicted molar refractivity (Wildman–Crippen MR) is 134 cm³/mol. The summed E-state index contributed by atoms with van der Waals surface area (Å²) in [5.74, 6) is -0.463. The molecule has 1 heterocycles. The summed E-state index contributed by atoms with van der Waals surface area (Å²) in [5, 5.41) is 5.18. The molecule has 3 rings (SSSR count). The molecule has 0 saturated carbocycles. The molecule has 11 heteroatoms. The van der Waals surface area contributed by atoms with Gasteiger partial charge in [0.2, 0.25) is 30.4 Å². The minimum absolute atomic E-state index is 0.0227. The van der Waals surface area contributed by atoms with Gasteiger partial charge in [0.15, 0.2) is 5.13 Å². The molecule has 0 fully saturated rings. The van der Waals surface area contributed by atoms with E-state index >= 15 is 0 Å². The standard InChI is InChI=1S/C22H26N4O4S2Si/c1-4-13-33(22(28)24-21-23-19(15-31-21)16-9-6-5-7-10-16)25-20(27)17-11-8-12-18(14-17)32(29,30)26(2)3/h5-12,14-15,33H,4,13H2,1-3H3,(H,25,27)(H,23,24,28)/t33-/m0/s1. The highest BCUT2D eigenvalue weighted by Crippen LogP contribution is 2.25. The quantitative estimate of drug-likeness (QED) is 0.433. The monoisotopic (exact) mass is 502 g/mol. The lowest BCUT2D eigenvalue weighted by molar-refractivity contribution is 0.0978. The van der Waals surface area contributed by atoms with Crippen LogP contribution in [0.25, 0.3) is 11.3 Å². The molecule has 2 amide bonds. The number of nitrogens with zero attached hydrogens (tertiary/aromatic N) is 2. The van der Waals surface area contributed by atoms with Crippen molar-refractivity contribution in [3.63, 3.8) is 0 Å². The maximum Gasteiger partial charge on any atom is 0.244 e. The lowest BCUT2D eigenvalue weighted by atomic mass is 10.2. The zero-order valence-corrected chi connectivity index (χ0v) is 21.4. The van der Waals surface area contributed by atoms with Crippen LogP contribution < -0.4 is 10.3 Å². The van der Waals surface area contributed by atoms with E-state index in [1.54, 1.807) is 0 Å². The minimum atomic E-state index is -3.67. The lowest BCUT2D eigenvalue weighted by Crippen LogP contribution is -2.47. The van der Waals surface area contributed by atoms with E-state index in [1.165, 1.54) is 49.7 Å². The summed E-state index contributed by atoms with van der Waals surface area (Å²) in [5.41, 5.74) is 1.68. The molecule has 8 nitrogen and oxygen atoms in total. The maximum absolute atomic E-state index is 12.9. The Morgan fingerprint density at radius 3 is 2.48 bits per heavy atom. The molecule has 1 atom stereocenters. The van der Waals surface area contributed by atoms with E-state index in [2.05, 4.69) is 15.3 Å². The van der Waals surface area contributed by atoms with Crippen molar-refractivity contribution < 1.29 is 18.0 Å². The normalized spacial score (nSPS) is 12.4. The summed E-state index contributed by atoms with van der Waals surface area (Å²) in [6, 6.07) is 16.0. The van der Waals surface area contributed by atoms with Gasteiger partial charge >= 0.3 is 0 Å². The zero-order valence-electron chi connectivity index (χ0n) is 18.6. The van der Waals surface area contributed by atoms with E-state index in [4.69, 9.17) is 0 Å². The molecule has 0 bridgehead atoms. The average Bonchev–Trinajstić information content (AvgIpc) is 3.27. The van der Waals surface area contributed by atoms with Crippen molar-refractivity contribution in [1.82, 2.24) is 14.3 Å². The molecule has 0 aliphatic carbocycles. The van der Waals surface area contributed by atoms with Crippen molar-refractivity contribution >= 4 is 46.9 Å². The summed E-state index contributed by atoms with van der Waals surface area (Å²) in [6.45, 7) is 1.95. The molecule has 3 aromatic rings. The highest BCUT2D eigenvalue weighted by molar-refractivity contribution is 7.89. The fourth-order valence-corrected chi connectivity index (χ4v) is 6.76. The predicted octanol–water partition coefficient (Wildman–Crippen LogP) is 3.74. The van der Waals surface area contributed by atoms with Crippen LogP contribution in [0.3, 0.4) is 0 Å². The van der Waals surface area contributed by atoms with Gasteiger partial charge < -0.3 is 10.3 Å². The minimum Gasteiger partial charge on any atom is -0.372 e. The number of hydrogen-bond donors (Lipinski definition) is 2. The Morgan fingerprint density at radius 1 is 1.09 bits per heavy atom. The molecule has 2 N–H and O–H groups in total. The molecule has 0 unspecified atom stereocenters. The zero-order chi connectivity index (χ0) is 24.0. The van der Waals surface area contributed by atoms with E-state index in [9.17, 15) is 18.0 Å². The van der Waals surface area contributed by atoms with Crippen LogP contribution in [-0.4, -0.2) is 52.2 Å². The Hall–Kier alpha value is -2.86. The van der Waals surface area contributed by atoms with E-state index in [0.717, 1.165) is 22.0 Å². The number of aromatic nitrogens is 1. The first-order valence-corrected chi connectivity index (χ1v) is 14.7. The largest absolute Gasteiger partial charge is 0.372 e. The van der Waals surface area contributed by atoms with Gasteiger partial charge in [-0.1, -0.05) is 49.7 Å². The number of rotatable bonds is 9. The Balaban J connectivity index is 1.72. The summed E-state index contributed by atoms with van der Waals surface area (Å²) >= 11 is 1.33. The number of carbonyl (C=O) groups excluding carboxylic acids is 2. The second-order valence-electron chi connectivity index (χ2n) is 7.52. The number of hydrogen-bond acceptors (Lipinski definition) is 6. The fraction of sp³-hybridized carbons (Fsp3) is 0.227. The van der Waals surface area contributed by atoms with Crippen LogP contribution >= 0.6 is 11.3 Å². The van der Waals surface area contributed by atoms with Crippen LogP contribution in [0.1, 0.15) is 23.7 Å². The maximum atomic E-state index is 12.9. The third-order valence-corrected chi connectivity index (χ3v) is 9.99. The molecule has 0 spiro atoms. The molecule has 0 aliphatic heterocycles. The van der Waals surface area contributed by atoms with Crippen LogP contribution in [-0.2, 0) is 10.0 Å². The SMILES string of the molecule is CCC[Si@H](NC(=O)c1cccc(S(=O)(=O)N(C)C)c1)C(=O)Nc1nc(-c2ccccc2)cs1. The van der Waals surface area contributed by atoms with Crippen LogP contribution in [0.15, 0.2) is 64.9 Å². The molecule has 0 saturated heterocycles. The van der Waals surface area contributed by atoms with E-state index in [1.807, 2.05) is 42.6 Å². The molecule has 1 aromatic heterocycles. The number of sulfonamides is 1. The van der Waals surface area contributed by atoms with Gasteiger partial charge in [-0.3, -0.25) is 9.59 Å². The lowest BCUT2D eigenvalue weighted by Gasteiger charge is -2.16. The first kappa shape index (κ1) is 24.8. The van der Waals surface area contributed by atoms with E-state index < -0.39 is 24.9 Å². The number of anilines is 1. The van der Waals surface area contributed by atoms with Gasteiger partial charge in [-0.2, -0.15) is 0 Å². The Morgan fingerprint density at radius 2 is 1.82 bits per heavy atom. The molecular weight excluding hydrogens is 476 g/mol. The van der Waals surface area contributed by atoms with Gasteiger partial charge in [0.25, 0.3) is 0 Å². The summed E-state index contributed by atoms with van der Waals surface area (Å²) < 4.78 is 25.8. The number of amides is 2. The van der Waals surface area contributed by atoms with Crippen molar-refractivity contribution in [1.29, 1.82) is 0 Å². The smallest absolute Gasteiger partial charge is 0.244 e. The second-order valence-corrected chi connectivity index (χ2v) is 13.0. The number of thiazole rings is 1. The first-order chi connectivity index (χ1) is 15.7. The molecule has 0 radical (unpaired) electrons. The summed E-state index contributed by atoms with van der Waals surface area (Å²) in [4.78, 5) is 33.1. The van der Waals surface area contributed by atoms with Crippen LogP contribution in [0.5, 0.6) is 0 Å². The molecule has 0 aliphatic rings. The first-order valence-electron chi connectivity index (χ1n) is 10.4. The summed E-state index contributed by atoms with van der Waals surface area (Å²) in [6.07, 6.45) is 0.729. The number of carbonyl (C=O) groups is 2. The second kappa shape index (κ2) is 10.8. The van der Waals surface area contributed by atoms with Crippen LogP contribution in [0.4, 0.5) is 9.93 Å². The summed E-state index contributed by atoms with van der Waals surface area (Å²) in [7, 11) is -3.22. The van der Waals surface area contributed by atoms with Crippen molar-refractivity contribution in [2.45, 2.75) is 24.3 Å². The van der Waals surface area contributed by atoms with Crippen LogP contribution in [0.2, 0.25) is 6.04 Å². The van der Waals surface area contributed by atoms with Crippen molar-refractivity contribution in [2.75, 3.05) is 19.4 Å². The Labute approximate surface area is 199 Å². The van der Waals surface area contributed by atoms with Gasteiger partial charge in [0.1, 0.15) is 0 Å². The number of nitrogens with one attached hydrogen (secondary N) is 2. The van der Waals surface area contributed by atoms with Crippen LogP contribution in [0, 0.1) is 0 Å². The van der Waals surface area contributed by atoms with Gasteiger partial charge in [0, 0.05) is 30.6 Å². The third kappa shape index (κ3) is 6.14. The topological polar surface area (TPSA) is 108 Å². The van der Waals surface area contributed by atoms with Gasteiger partial charge in [-0.25, -0.2) is 17.7 Å². The fourth-order valence-electron chi connectivity index (χ4n) is 3.07. The Bertz CT molecular complexity index is 1230. The highest BCUT2D eigenvalue weighted by atomic mass is 32.2. The number of benzene rings is 2. The van der Waals surface area contributed by atoms with Gasteiger partial charge in [0.05, 0.1) is 10.6 Å². The molecular formula is C22H26N4O4S2Si. The van der Waals surface area contributed by atoms with Crippen molar-refractivity contribution in [3.05, 3.63) is 65.5 Å². The molecule has 2 aromatic carbocycles. The van der Waals surface area contributed by atoms with Crippen molar-refractivity contribution in [3.8, 4) is 11.3 Å². The molecule has 174 valence electrons. The van der Waals surface area contributed by atoms with E-state index in [-0.39, 0.29) is 16.0 Å². The molecule has 33 heavy (non-hydrogen) atoms.